The molecule has 0 amide bonds. The van der Waals surface area contributed by atoms with Crippen LogP contribution in [-0.2, 0) is 14.4 Å². The van der Waals surface area contributed by atoms with Crippen LogP contribution in [0.2, 0.25) is 0 Å². The van der Waals surface area contributed by atoms with Crippen molar-refractivity contribution in [1.82, 2.24) is 0 Å². The van der Waals surface area contributed by atoms with Gasteiger partial charge in [-0.2, -0.15) is 0 Å². The van der Waals surface area contributed by atoms with Gasteiger partial charge < -0.3 is 0 Å². The molecule has 3 atom stereocenters. The maximum atomic E-state index is 11.4. The van der Waals surface area contributed by atoms with E-state index in [-0.39, 0.29) is 11.8 Å². The lowest BCUT2D eigenvalue weighted by atomic mass is 9.77. The number of alkyl halides is 1. The van der Waals surface area contributed by atoms with Crippen molar-refractivity contribution in [1.29, 1.82) is 0 Å². The Kier molecular flexibility index (Phi) is 4.56. The Morgan fingerprint density at radius 2 is 1.60 bits per heavy atom. The zero-order valence-corrected chi connectivity index (χ0v) is 9.98. The minimum atomic E-state index is -1.06. The molecule has 0 spiro atoms. The van der Waals surface area contributed by atoms with E-state index in [0.717, 1.165) is 0 Å². The van der Waals surface area contributed by atoms with Crippen molar-refractivity contribution in [2.45, 2.75) is 24.6 Å². The Morgan fingerprint density at radius 3 is 2.07 bits per heavy atom. The fraction of sp³-hybridized carbons (Fsp3) is 0.667. The number of Topliss-reactive ketones (excluding diaryl/α,β-unsaturated/α-hetero) is 1. The molecule has 3 nitrogen and oxygen atoms in total. The Labute approximate surface area is 102 Å². The molecule has 6 heteroatoms. The quantitative estimate of drug-likeness (QED) is 0.449. The minimum Gasteiger partial charge on any atom is -0.289 e. The van der Waals surface area contributed by atoms with E-state index in [0.29, 0.717) is 12.8 Å². The molecule has 84 valence electrons. The maximum absolute atomic E-state index is 11.4. The van der Waals surface area contributed by atoms with E-state index >= 15 is 0 Å². The van der Waals surface area contributed by atoms with E-state index < -0.39 is 28.1 Å². The lowest BCUT2D eigenvalue weighted by Gasteiger charge is -2.29. The zero-order chi connectivity index (χ0) is 11.6. The van der Waals surface area contributed by atoms with Gasteiger partial charge in [0.05, 0.1) is 0 Å². The molecule has 0 N–H and O–H groups in total. The molecule has 0 aliphatic heterocycles. The smallest absolute Gasteiger partial charge is 0.288 e. The Morgan fingerprint density at radius 1 is 1.00 bits per heavy atom. The summed E-state index contributed by atoms with van der Waals surface area (Å²) in [6.45, 7) is 0. The first-order chi connectivity index (χ1) is 6.93. The highest BCUT2D eigenvalue weighted by atomic mass is 35.5. The fourth-order valence-electron chi connectivity index (χ4n) is 1.83. The summed E-state index contributed by atoms with van der Waals surface area (Å²) in [5.41, 5.74) is 0. The van der Waals surface area contributed by atoms with Crippen LogP contribution in [-0.4, -0.2) is 21.6 Å². The highest BCUT2D eigenvalue weighted by molar-refractivity contribution is 6.81. The molecule has 0 aromatic carbocycles. The molecule has 0 radical (unpaired) electrons. The van der Waals surface area contributed by atoms with Crippen LogP contribution < -0.4 is 0 Å². The van der Waals surface area contributed by atoms with Gasteiger partial charge in [0.15, 0.2) is 0 Å². The summed E-state index contributed by atoms with van der Waals surface area (Å²) in [5, 5.41) is -1.87. The predicted octanol–water partition coefficient (Wildman–Crippen LogP) is 2.11. The lowest BCUT2D eigenvalue weighted by Crippen LogP contribution is -2.36. The van der Waals surface area contributed by atoms with Gasteiger partial charge in [-0.3, -0.25) is 14.4 Å². The Bertz CT molecular complexity index is 303. The highest BCUT2D eigenvalue weighted by Crippen LogP contribution is 2.35. The summed E-state index contributed by atoms with van der Waals surface area (Å²) in [6, 6.07) is 0. The second-order valence-electron chi connectivity index (χ2n) is 3.57. The third kappa shape index (κ3) is 3.16. The van der Waals surface area contributed by atoms with E-state index in [1.165, 1.54) is 0 Å². The topological polar surface area (TPSA) is 51.2 Å². The summed E-state index contributed by atoms with van der Waals surface area (Å²) in [4.78, 5) is 33.2. The standard InChI is InChI=1S/C9H9Cl3O3/c10-4-1-2-5(8(11)14)6(3-4)7(13)9(12)15/h4-6H,1-3H2/t4-,5+,6-/m1/s1. The monoisotopic (exact) mass is 270 g/mol. The SMILES string of the molecule is O=C(Cl)C(=O)[C@@H]1C[C@H](Cl)CC[C@@H]1C(=O)Cl. The van der Waals surface area contributed by atoms with Crippen LogP contribution in [0.25, 0.3) is 0 Å². The largest absolute Gasteiger partial charge is 0.289 e. The average Bonchev–Trinajstić information content (AvgIpc) is 2.15. The van der Waals surface area contributed by atoms with Gasteiger partial charge in [0.2, 0.25) is 11.0 Å². The van der Waals surface area contributed by atoms with Crippen molar-refractivity contribution in [3.63, 3.8) is 0 Å². The Hall–Kier alpha value is -0.120. The van der Waals surface area contributed by atoms with E-state index in [1.807, 2.05) is 0 Å². The molecule has 15 heavy (non-hydrogen) atoms. The van der Waals surface area contributed by atoms with Gasteiger partial charge in [-0.05, 0) is 42.5 Å². The van der Waals surface area contributed by atoms with Gasteiger partial charge in [-0.1, -0.05) is 0 Å². The van der Waals surface area contributed by atoms with Crippen molar-refractivity contribution >= 4 is 51.1 Å². The number of hydrogen-bond acceptors (Lipinski definition) is 3. The number of rotatable bonds is 3. The number of ketones is 1. The number of carbonyl (C=O) groups excluding carboxylic acids is 3. The molecule has 1 aliphatic rings. The van der Waals surface area contributed by atoms with Gasteiger partial charge in [-0.25, -0.2) is 0 Å². The van der Waals surface area contributed by atoms with Crippen molar-refractivity contribution < 1.29 is 14.4 Å². The second-order valence-corrected chi connectivity index (χ2v) is 4.90. The molecule has 0 bridgehead atoms. The molecule has 0 unspecified atom stereocenters. The molecule has 1 fully saturated rings. The summed E-state index contributed by atoms with van der Waals surface area (Å²) in [5.74, 6) is -2.14. The van der Waals surface area contributed by atoms with E-state index in [2.05, 4.69) is 0 Å². The third-order valence-electron chi connectivity index (χ3n) is 2.61. The molecule has 0 aromatic heterocycles. The van der Waals surface area contributed by atoms with Crippen molar-refractivity contribution in [3.8, 4) is 0 Å². The van der Waals surface area contributed by atoms with E-state index in [1.54, 1.807) is 0 Å². The van der Waals surface area contributed by atoms with Crippen LogP contribution in [0.1, 0.15) is 19.3 Å². The van der Waals surface area contributed by atoms with Gasteiger partial charge in [0.25, 0.3) is 5.24 Å². The van der Waals surface area contributed by atoms with Crippen LogP contribution in [0.15, 0.2) is 0 Å². The molecular formula is C9H9Cl3O3. The van der Waals surface area contributed by atoms with Crippen LogP contribution in [0.4, 0.5) is 0 Å². The first kappa shape index (κ1) is 12.9. The summed E-state index contributed by atoms with van der Waals surface area (Å²) < 4.78 is 0. The van der Waals surface area contributed by atoms with E-state index in [4.69, 9.17) is 34.8 Å². The van der Waals surface area contributed by atoms with E-state index in [9.17, 15) is 14.4 Å². The zero-order valence-electron chi connectivity index (χ0n) is 7.71. The number of hydrogen-bond donors (Lipinski definition) is 0. The van der Waals surface area contributed by atoms with Crippen LogP contribution in [0, 0.1) is 11.8 Å². The third-order valence-corrected chi connectivity index (χ3v) is 3.47. The molecule has 0 saturated heterocycles. The molecule has 1 saturated carbocycles. The number of halogens is 3. The second kappa shape index (κ2) is 5.28. The lowest BCUT2D eigenvalue weighted by molar-refractivity contribution is -0.138. The van der Waals surface area contributed by atoms with Gasteiger partial charge in [0.1, 0.15) is 0 Å². The predicted molar refractivity (Wildman–Crippen MR) is 57.2 cm³/mol. The van der Waals surface area contributed by atoms with Gasteiger partial charge >= 0.3 is 0 Å². The molecule has 1 aliphatic carbocycles. The van der Waals surface area contributed by atoms with Crippen LogP contribution in [0.5, 0.6) is 0 Å². The maximum Gasteiger partial charge on any atom is 0.288 e. The average molecular weight is 272 g/mol. The normalized spacial score (nSPS) is 31.0. The summed E-state index contributed by atoms with van der Waals surface area (Å²) >= 11 is 16.3. The highest BCUT2D eigenvalue weighted by Gasteiger charge is 2.39. The first-order valence-corrected chi connectivity index (χ1v) is 5.69. The molecule has 0 aromatic rings. The Balaban J connectivity index is 2.83. The molecule has 1 rings (SSSR count). The molecule has 0 heterocycles. The van der Waals surface area contributed by atoms with Crippen molar-refractivity contribution in [2.75, 3.05) is 0 Å². The number of carbonyl (C=O) groups is 3. The van der Waals surface area contributed by atoms with Crippen molar-refractivity contribution in [3.05, 3.63) is 0 Å². The van der Waals surface area contributed by atoms with Crippen LogP contribution >= 0.6 is 34.8 Å². The minimum absolute atomic E-state index is 0.206. The summed E-state index contributed by atoms with van der Waals surface area (Å²) in [7, 11) is 0. The molecular weight excluding hydrogens is 262 g/mol. The van der Waals surface area contributed by atoms with Crippen LogP contribution in [0.3, 0.4) is 0 Å². The van der Waals surface area contributed by atoms with Crippen molar-refractivity contribution in [2.24, 2.45) is 11.8 Å². The van der Waals surface area contributed by atoms with Gasteiger partial charge in [-0.15, -0.1) is 11.6 Å². The summed E-state index contributed by atoms with van der Waals surface area (Å²) in [6.07, 6.45) is 1.32. The fourth-order valence-corrected chi connectivity index (χ4v) is 2.55. The van der Waals surface area contributed by atoms with Gasteiger partial charge in [0, 0.05) is 17.2 Å². The first-order valence-electron chi connectivity index (χ1n) is 4.50.